The molecule has 1 atom stereocenters. The van der Waals surface area contributed by atoms with Crippen LogP contribution in [0.4, 0.5) is 11.4 Å². The van der Waals surface area contributed by atoms with Crippen molar-refractivity contribution in [3.63, 3.8) is 0 Å². The maximum atomic E-state index is 13.1. The van der Waals surface area contributed by atoms with E-state index in [-0.39, 0.29) is 23.8 Å². The molecule has 29 heavy (non-hydrogen) atoms. The predicted octanol–water partition coefficient (Wildman–Crippen LogP) is 3.99. The van der Waals surface area contributed by atoms with Crippen molar-refractivity contribution in [1.29, 1.82) is 5.26 Å². The SMILES string of the molecule is N#Cc1ccc(N2C(=O)CC(c3ccc([N+](=O)[O-])cc3)C3=C2CCCC3=O)cc1. The van der Waals surface area contributed by atoms with Gasteiger partial charge in [0.1, 0.15) is 0 Å². The fraction of sp³-hybridized carbons (Fsp3) is 0.227. The number of nitro benzene ring substituents is 1. The van der Waals surface area contributed by atoms with E-state index in [2.05, 4.69) is 6.07 Å². The lowest BCUT2D eigenvalue weighted by Crippen LogP contribution is -2.40. The first kappa shape index (κ1) is 18.6. The van der Waals surface area contributed by atoms with Gasteiger partial charge in [-0.2, -0.15) is 5.26 Å². The Hall–Kier alpha value is -3.79. The molecule has 0 saturated carbocycles. The zero-order chi connectivity index (χ0) is 20.5. The number of allylic oxidation sites excluding steroid dienone is 2. The lowest BCUT2D eigenvalue weighted by Gasteiger charge is -2.38. The third kappa shape index (κ3) is 3.29. The number of carbonyl (C=O) groups excluding carboxylic acids is 2. The molecule has 0 N–H and O–H groups in total. The van der Waals surface area contributed by atoms with Crippen LogP contribution in [0.3, 0.4) is 0 Å². The Morgan fingerprint density at radius 3 is 2.34 bits per heavy atom. The molecule has 144 valence electrons. The van der Waals surface area contributed by atoms with E-state index in [4.69, 9.17) is 5.26 Å². The van der Waals surface area contributed by atoms with Crippen LogP contribution in [0.15, 0.2) is 59.8 Å². The van der Waals surface area contributed by atoms with Gasteiger partial charge in [0.05, 0.1) is 16.6 Å². The second kappa shape index (κ2) is 7.32. The third-order valence-electron chi connectivity index (χ3n) is 5.44. The number of nitrogens with zero attached hydrogens (tertiary/aromatic N) is 3. The number of benzene rings is 2. The highest BCUT2D eigenvalue weighted by atomic mass is 16.6. The van der Waals surface area contributed by atoms with Gasteiger partial charge >= 0.3 is 0 Å². The molecule has 0 aromatic heterocycles. The summed E-state index contributed by atoms with van der Waals surface area (Å²) in [4.78, 5) is 37.9. The highest BCUT2D eigenvalue weighted by Crippen LogP contribution is 2.43. The van der Waals surface area contributed by atoms with Gasteiger partial charge in [-0.05, 0) is 42.7 Å². The summed E-state index contributed by atoms with van der Waals surface area (Å²) >= 11 is 0. The van der Waals surface area contributed by atoms with Gasteiger partial charge in [-0.1, -0.05) is 12.1 Å². The molecular formula is C22H17N3O4. The first-order chi connectivity index (χ1) is 14.0. The van der Waals surface area contributed by atoms with E-state index in [0.29, 0.717) is 41.8 Å². The molecule has 2 aromatic carbocycles. The Morgan fingerprint density at radius 2 is 1.72 bits per heavy atom. The smallest absolute Gasteiger partial charge is 0.269 e. The van der Waals surface area contributed by atoms with E-state index in [1.807, 2.05) is 0 Å². The van der Waals surface area contributed by atoms with Crippen LogP contribution >= 0.6 is 0 Å². The molecule has 2 aromatic rings. The lowest BCUT2D eigenvalue weighted by molar-refractivity contribution is -0.384. The van der Waals surface area contributed by atoms with Gasteiger partial charge in [-0.15, -0.1) is 0 Å². The minimum Gasteiger partial charge on any atom is -0.294 e. The molecule has 1 aliphatic carbocycles. The minimum atomic E-state index is -0.473. The Labute approximate surface area is 167 Å². The van der Waals surface area contributed by atoms with Crippen molar-refractivity contribution in [3.8, 4) is 6.07 Å². The van der Waals surface area contributed by atoms with E-state index >= 15 is 0 Å². The molecule has 2 aliphatic rings. The summed E-state index contributed by atoms with van der Waals surface area (Å²) in [6.45, 7) is 0. The van der Waals surface area contributed by atoms with Gasteiger partial charge in [0, 0.05) is 47.8 Å². The summed E-state index contributed by atoms with van der Waals surface area (Å²) in [5.41, 5.74) is 3.15. The molecule has 0 bridgehead atoms. The third-order valence-corrected chi connectivity index (χ3v) is 5.44. The van der Waals surface area contributed by atoms with Gasteiger partial charge in [0.2, 0.25) is 5.91 Å². The van der Waals surface area contributed by atoms with Crippen LogP contribution in [0.2, 0.25) is 0 Å². The van der Waals surface area contributed by atoms with Crippen LogP contribution in [-0.2, 0) is 9.59 Å². The molecule has 0 spiro atoms. The molecule has 7 heteroatoms. The second-order valence-corrected chi connectivity index (χ2v) is 7.13. The second-order valence-electron chi connectivity index (χ2n) is 7.13. The van der Waals surface area contributed by atoms with Crippen LogP contribution in [0.25, 0.3) is 0 Å². The van der Waals surface area contributed by atoms with Crippen LogP contribution < -0.4 is 4.90 Å². The lowest BCUT2D eigenvalue weighted by atomic mass is 9.77. The summed E-state index contributed by atoms with van der Waals surface area (Å²) in [7, 11) is 0. The number of nitriles is 1. The zero-order valence-corrected chi connectivity index (χ0v) is 15.5. The average molecular weight is 387 g/mol. The number of nitro groups is 1. The number of hydrogen-bond donors (Lipinski definition) is 0. The van der Waals surface area contributed by atoms with Crippen LogP contribution in [0, 0.1) is 21.4 Å². The summed E-state index contributed by atoms with van der Waals surface area (Å²) < 4.78 is 0. The highest BCUT2D eigenvalue weighted by Gasteiger charge is 2.39. The van der Waals surface area contributed by atoms with Crippen molar-refractivity contribution in [2.24, 2.45) is 0 Å². The Balaban J connectivity index is 1.79. The van der Waals surface area contributed by atoms with Crippen LogP contribution in [-0.4, -0.2) is 16.6 Å². The van der Waals surface area contributed by atoms with E-state index in [1.165, 1.54) is 12.1 Å². The molecule has 0 radical (unpaired) electrons. The molecule has 0 fully saturated rings. The normalized spacial score (nSPS) is 19.0. The number of Topliss-reactive ketones (excluding diaryl/α,β-unsaturated/α-hetero) is 1. The Kier molecular flexibility index (Phi) is 4.69. The molecule has 7 nitrogen and oxygen atoms in total. The van der Waals surface area contributed by atoms with Crippen LogP contribution in [0.5, 0.6) is 0 Å². The number of non-ortho nitro benzene ring substituents is 1. The minimum absolute atomic E-state index is 0.0146. The van der Waals surface area contributed by atoms with Gasteiger partial charge in [-0.25, -0.2) is 0 Å². The predicted molar refractivity (Wildman–Crippen MR) is 105 cm³/mol. The number of rotatable bonds is 3. The fourth-order valence-electron chi connectivity index (χ4n) is 4.09. The van der Waals surface area contributed by atoms with E-state index in [0.717, 1.165) is 5.56 Å². The van der Waals surface area contributed by atoms with Gasteiger partial charge in [0.25, 0.3) is 5.69 Å². The van der Waals surface area contributed by atoms with Crippen molar-refractivity contribution in [2.75, 3.05) is 4.90 Å². The largest absolute Gasteiger partial charge is 0.294 e. The maximum absolute atomic E-state index is 13.1. The van der Waals surface area contributed by atoms with Crippen molar-refractivity contribution < 1.29 is 14.5 Å². The van der Waals surface area contributed by atoms with E-state index in [9.17, 15) is 19.7 Å². The van der Waals surface area contributed by atoms with Crippen molar-refractivity contribution >= 4 is 23.1 Å². The summed E-state index contributed by atoms with van der Waals surface area (Å²) in [5.74, 6) is -0.520. The number of amides is 1. The number of hydrogen-bond acceptors (Lipinski definition) is 5. The summed E-state index contributed by atoms with van der Waals surface area (Å²) in [5, 5.41) is 19.9. The zero-order valence-electron chi connectivity index (χ0n) is 15.5. The Morgan fingerprint density at radius 1 is 1.03 bits per heavy atom. The van der Waals surface area contributed by atoms with E-state index < -0.39 is 10.8 Å². The molecule has 1 amide bonds. The molecule has 1 unspecified atom stereocenters. The highest BCUT2D eigenvalue weighted by molar-refractivity contribution is 6.07. The van der Waals surface area contributed by atoms with Crippen molar-refractivity contribution in [1.82, 2.24) is 0 Å². The quantitative estimate of drug-likeness (QED) is 0.585. The van der Waals surface area contributed by atoms with Gasteiger partial charge < -0.3 is 0 Å². The topological polar surface area (TPSA) is 104 Å². The number of carbonyl (C=O) groups is 2. The maximum Gasteiger partial charge on any atom is 0.269 e. The monoisotopic (exact) mass is 387 g/mol. The summed E-state index contributed by atoms with van der Waals surface area (Å²) in [6.07, 6.45) is 1.82. The van der Waals surface area contributed by atoms with Crippen molar-refractivity contribution in [3.05, 3.63) is 81.0 Å². The van der Waals surface area contributed by atoms with Gasteiger partial charge in [-0.3, -0.25) is 24.6 Å². The van der Waals surface area contributed by atoms with Gasteiger partial charge in [0.15, 0.2) is 5.78 Å². The van der Waals surface area contributed by atoms with E-state index in [1.54, 1.807) is 41.3 Å². The molecule has 1 aliphatic heterocycles. The fourth-order valence-corrected chi connectivity index (χ4v) is 4.09. The van der Waals surface area contributed by atoms with Crippen molar-refractivity contribution in [2.45, 2.75) is 31.6 Å². The molecule has 1 heterocycles. The number of anilines is 1. The average Bonchev–Trinajstić information content (AvgIpc) is 2.73. The standard InChI is InChI=1S/C22H17N3O4/c23-13-14-4-8-16(9-5-14)24-19-2-1-3-20(26)22(19)18(12-21(24)27)15-6-10-17(11-7-15)25(28)29/h4-11,18H,1-3,12H2. The summed E-state index contributed by atoms with van der Waals surface area (Å²) in [6, 6.07) is 14.8. The first-order valence-corrected chi connectivity index (χ1v) is 9.33. The molecule has 4 rings (SSSR count). The Bertz CT molecular complexity index is 1080. The number of ketones is 1. The molecular weight excluding hydrogens is 370 g/mol. The van der Waals surface area contributed by atoms with Crippen LogP contribution in [0.1, 0.15) is 42.7 Å². The molecule has 0 saturated heterocycles. The first-order valence-electron chi connectivity index (χ1n) is 9.33.